The lowest BCUT2D eigenvalue weighted by molar-refractivity contribution is 0.386. The van der Waals surface area contributed by atoms with Crippen LogP contribution in [0.25, 0.3) is 10.9 Å². The van der Waals surface area contributed by atoms with Crippen LogP contribution in [0.15, 0.2) is 18.2 Å². The smallest absolute Gasteiger partial charge is 0.125 e. The predicted molar refractivity (Wildman–Crippen MR) is 80.2 cm³/mol. The molecule has 1 saturated heterocycles. The number of nitrogens with one attached hydrogen (secondary N) is 1. The van der Waals surface area contributed by atoms with E-state index in [4.69, 9.17) is 0 Å². The van der Waals surface area contributed by atoms with Crippen LogP contribution in [0.5, 0.6) is 0 Å². The van der Waals surface area contributed by atoms with E-state index in [1.165, 1.54) is 29.6 Å². The third kappa shape index (κ3) is 1.92. The van der Waals surface area contributed by atoms with Crippen LogP contribution in [0.1, 0.15) is 23.6 Å². The minimum absolute atomic E-state index is 0.152. The maximum absolute atomic E-state index is 13.3. The molecule has 4 rings (SSSR count). The number of H-pyrrole nitrogens is 1. The Kier molecular flexibility index (Phi) is 3.27. The molecule has 2 heterocycles. The number of fused-ring (bicyclic) bond motifs is 5. The van der Waals surface area contributed by atoms with Crippen LogP contribution in [0.4, 0.5) is 4.39 Å². The minimum Gasteiger partial charge on any atom is -0.358 e. The van der Waals surface area contributed by atoms with E-state index in [1.54, 1.807) is 12.1 Å². The highest BCUT2D eigenvalue weighted by molar-refractivity contribution is 5.85. The fourth-order valence-corrected chi connectivity index (χ4v) is 3.90. The molecule has 1 aliphatic carbocycles. The van der Waals surface area contributed by atoms with E-state index < -0.39 is 0 Å². The quantitative estimate of drug-likeness (QED) is 0.729. The number of hydrogen-bond acceptors (Lipinski definition) is 1. The second-order valence-electron chi connectivity index (χ2n) is 5.83. The zero-order chi connectivity index (χ0) is 14.3. The van der Waals surface area contributed by atoms with Crippen LogP contribution in [0.2, 0.25) is 0 Å². The van der Waals surface area contributed by atoms with Gasteiger partial charge in [0.25, 0.3) is 0 Å². The summed E-state index contributed by atoms with van der Waals surface area (Å²) in [7, 11) is 2.20. The molecule has 2 aliphatic rings. The summed E-state index contributed by atoms with van der Waals surface area (Å²) in [4.78, 5) is 5.85. The summed E-state index contributed by atoms with van der Waals surface area (Å²) in [5, 5.41) is 1.23. The van der Waals surface area contributed by atoms with Gasteiger partial charge in [0.05, 0.1) is 0 Å². The fourth-order valence-electron chi connectivity index (χ4n) is 3.90. The Hall–Kier alpha value is -1.79. The molecule has 1 aromatic heterocycles. The third-order valence-electron chi connectivity index (χ3n) is 4.64. The maximum atomic E-state index is 13.3. The van der Waals surface area contributed by atoms with Crippen LogP contribution in [0, 0.1) is 24.6 Å². The molecule has 1 fully saturated rings. The molecule has 104 valence electrons. The molecule has 1 N–H and O–H groups in total. The second-order valence-corrected chi connectivity index (χ2v) is 5.83. The molecular formula is C17H19FN2. The molecule has 0 amide bonds. The summed E-state index contributed by atoms with van der Waals surface area (Å²) in [5.41, 5.74) is 3.77. The van der Waals surface area contributed by atoms with E-state index in [2.05, 4.69) is 29.8 Å². The monoisotopic (exact) mass is 270 g/mol. The number of likely N-dealkylation sites (N-methyl/N-ethyl adjacent to an activating group) is 1. The van der Waals surface area contributed by atoms with Crippen molar-refractivity contribution in [1.82, 2.24) is 9.88 Å². The highest BCUT2D eigenvalue weighted by Crippen LogP contribution is 2.44. The number of hydrogen-bond donors (Lipinski definition) is 1. The highest BCUT2D eigenvalue weighted by atomic mass is 19.1. The molecule has 2 atom stereocenters. The Morgan fingerprint density at radius 1 is 1.30 bits per heavy atom. The predicted octanol–water partition coefficient (Wildman–Crippen LogP) is 3.15. The van der Waals surface area contributed by atoms with Gasteiger partial charge in [0.2, 0.25) is 0 Å². The van der Waals surface area contributed by atoms with E-state index in [-0.39, 0.29) is 5.82 Å². The van der Waals surface area contributed by atoms with Crippen LogP contribution < -0.4 is 0 Å². The van der Waals surface area contributed by atoms with Crippen molar-refractivity contribution in [3.8, 4) is 12.8 Å². The summed E-state index contributed by atoms with van der Waals surface area (Å²) in [6.45, 7) is 2.35. The van der Waals surface area contributed by atoms with Gasteiger partial charge >= 0.3 is 0 Å². The van der Waals surface area contributed by atoms with Crippen molar-refractivity contribution in [2.45, 2.75) is 18.8 Å². The van der Waals surface area contributed by atoms with E-state index in [1.807, 2.05) is 6.07 Å². The van der Waals surface area contributed by atoms with Crippen molar-refractivity contribution in [2.24, 2.45) is 5.92 Å². The zero-order valence-electron chi connectivity index (χ0n) is 11.7. The molecule has 3 heteroatoms. The molecule has 1 aliphatic heterocycles. The number of aromatic nitrogens is 1. The number of halogens is 1. The molecule has 2 unspecified atom stereocenters. The number of likely N-dealkylation sites (tertiary alicyclic amines) is 1. The first-order chi connectivity index (χ1) is 9.72. The summed E-state index contributed by atoms with van der Waals surface area (Å²) >= 11 is 0. The maximum Gasteiger partial charge on any atom is 0.125 e. The van der Waals surface area contributed by atoms with E-state index >= 15 is 0 Å². The zero-order valence-corrected chi connectivity index (χ0v) is 11.7. The van der Waals surface area contributed by atoms with Gasteiger partial charge < -0.3 is 9.88 Å². The molecule has 20 heavy (non-hydrogen) atoms. The summed E-state index contributed by atoms with van der Waals surface area (Å²) in [6, 6.07) is 5.15. The topological polar surface area (TPSA) is 19.0 Å². The molecule has 0 spiro atoms. The SMILES string of the molecule is C#C.CN1CC2CCc3[nH]c4cc(F)ccc4c3C2C1. The van der Waals surface area contributed by atoms with E-state index in [9.17, 15) is 4.39 Å². The average Bonchev–Trinajstić information content (AvgIpc) is 2.99. The van der Waals surface area contributed by atoms with Gasteiger partial charge in [0, 0.05) is 35.6 Å². The summed E-state index contributed by atoms with van der Waals surface area (Å²) < 4.78 is 13.3. The lowest BCUT2D eigenvalue weighted by Crippen LogP contribution is -2.18. The molecule has 0 radical (unpaired) electrons. The molecule has 2 aromatic rings. The van der Waals surface area contributed by atoms with Gasteiger partial charge in [0.15, 0.2) is 0 Å². The van der Waals surface area contributed by atoms with Crippen molar-refractivity contribution < 1.29 is 4.39 Å². The van der Waals surface area contributed by atoms with Crippen molar-refractivity contribution in [3.63, 3.8) is 0 Å². The van der Waals surface area contributed by atoms with Crippen molar-refractivity contribution in [1.29, 1.82) is 0 Å². The van der Waals surface area contributed by atoms with Gasteiger partial charge in [-0.2, -0.15) is 0 Å². The number of nitrogens with zero attached hydrogens (tertiary/aromatic N) is 1. The van der Waals surface area contributed by atoms with Crippen LogP contribution >= 0.6 is 0 Å². The molecule has 2 nitrogen and oxygen atoms in total. The first-order valence-electron chi connectivity index (χ1n) is 7.04. The number of aromatic amines is 1. The molecule has 0 saturated carbocycles. The van der Waals surface area contributed by atoms with Crippen LogP contribution in [-0.4, -0.2) is 30.0 Å². The Morgan fingerprint density at radius 3 is 2.90 bits per heavy atom. The number of terminal acetylenes is 1. The fraction of sp³-hybridized carbons (Fsp3) is 0.412. The number of aryl methyl sites for hydroxylation is 1. The molecule has 0 bridgehead atoms. The van der Waals surface area contributed by atoms with Crippen LogP contribution in [-0.2, 0) is 6.42 Å². The average molecular weight is 270 g/mol. The molecule has 1 aromatic carbocycles. The third-order valence-corrected chi connectivity index (χ3v) is 4.64. The van der Waals surface area contributed by atoms with E-state index in [0.29, 0.717) is 5.92 Å². The lowest BCUT2D eigenvalue weighted by atomic mass is 9.79. The summed E-state index contributed by atoms with van der Waals surface area (Å²) in [6.07, 6.45) is 10.4. The number of benzene rings is 1. The van der Waals surface area contributed by atoms with Gasteiger partial charge in [-0.05, 0) is 49.6 Å². The Bertz CT molecular complexity index is 656. The van der Waals surface area contributed by atoms with Gasteiger partial charge in [-0.15, -0.1) is 12.8 Å². The first kappa shape index (κ1) is 13.2. The Morgan fingerprint density at radius 2 is 2.10 bits per heavy atom. The number of rotatable bonds is 0. The Balaban J connectivity index is 0.000000581. The van der Waals surface area contributed by atoms with Crippen molar-refractivity contribution in [3.05, 3.63) is 35.3 Å². The minimum atomic E-state index is -0.152. The highest BCUT2D eigenvalue weighted by Gasteiger charge is 2.37. The first-order valence-corrected chi connectivity index (χ1v) is 7.04. The van der Waals surface area contributed by atoms with Gasteiger partial charge in [-0.3, -0.25) is 0 Å². The Labute approximate surface area is 119 Å². The lowest BCUT2D eigenvalue weighted by Gasteiger charge is -2.24. The normalized spacial score (nSPS) is 24.8. The van der Waals surface area contributed by atoms with Gasteiger partial charge in [-0.1, -0.05) is 0 Å². The summed E-state index contributed by atoms with van der Waals surface area (Å²) in [5.74, 6) is 1.27. The second kappa shape index (κ2) is 4.96. The van der Waals surface area contributed by atoms with Gasteiger partial charge in [-0.25, -0.2) is 4.39 Å². The largest absolute Gasteiger partial charge is 0.358 e. The van der Waals surface area contributed by atoms with Gasteiger partial charge in [0.1, 0.15) is 5.82 Å². The van der Waals surface area contributed by atoms with E-state index in [0.717, 1.165) is 24.4 Å². The van der Waals surface area contributed by atoms with Crippen molar-refractivity contribution >= 4 is 10.9 Å². The standard InChI is InChI=1S/C15H17FN2.C2H2/c1-18-7-9-2-5-13-15(12(9)8-18)11-4-3-10(16)6-14(11)17-13;1-2/h3-4,6,9,12,17H,2,5,7-8H2,1H3;1-2H. The molecular weight excluding hydrogens is 251 g/mol. The van der Waals surface area contributed by atoms with Crippen molar-refractivity contribution in [2.75, 3.05) is 20.1 Å². The van der Waals surface area contributed by atoms with Crippen LogP contribution in [0.3, 0.4) is 0 Å².